The van der Waals surface area contributed by atoms with Crippen molar-refractivity contribution in [3.05, 3.63) is 119 Å². The topological polar surface area (TPSA) is 49.4 Å². The molecule has 0 aliphatic carbocycles. The Morgan fingerprint density at radius 3 is 1.68 bits per heavy atom. The van der Waals surface area contributed by atoms with Crippen molar-refractivity contribution in [1.29, 1.82) is 0 Å². The van der Waals surface area contributed by atoms with E-state index in [1.54, 1.807) is 0 Å². The van der Waals surface area contributed by atoms with Crippen molar-refractivity contribution in [3.8, 4) is 0 Å². The summed E-state index contributed by atoms with van der Waals surface area (Å²) in [7, 11) is 2.13. The van der Waals surface area contributed by atoms with E-state index in [1.807, 2.05) is 60.8 Å². The van der Waals surface area contributed by atoms with Crippen LogP contribution in [0.25, 0.3) is 5.57 Å². The SMILES string of the molecule is Bc1ccccc1C1=CC2=CC3=NC(=CC4=NC(=CC5=NC(=CC1=N2)C=C5)C=C4)C=C3. The van der Waals surface area contributed by atoms with Crippen molar-refractivity contribution in [3.63, 3.8) is 0 Å². The van der Waals surface area contributed by atoms with E-state index in [2.05, 4.69) is 43.2 Å². The summed E-state index contributed by atoms with van der Waals surface area (Å²) >= 11 is 0. The Hall–Kier alpha value is -4.12. The monoisotopic (exact) mass is 396 g/mol. The van der Waals surface area contributed by atoms with Gasteiger partial charge in [-0.3, -0.25) is 0 Å². The summed E-state index contributed by atoms with van der Waals surface area (Å²) in [5.41, 5.74) is 10.6. The fourth-order valence-electron chi connectivity index (χ4n) is 3.99. The van der Waals surface area contributed by atoms with Crippen LogP contribution in [-0.4, -0.2) is 30.7 Å². The van der Waals surface area contributed by atoms with Crippen molar-refractivity contribution in [2.24, 2.45) is 20.0 Å². The lowest BCUT2D eigenvalue weighted by Gasteiger charge is -2.07. The van der Waals surface area contributed by atoms with Gasteiger partial charge >= 0.3 is 0 Å². The van der Waals surface area contributed by atoms with E-state index in [1.165, 1.54) is 11.0 Å². The van der Waals surface area contributed by atoms with Crippen molar-refractivity contribution in [2.75, 3.05) is 0 Å². The van der Waals surface area contributed by atoms with Crippen molar-refractivity contribution in [2.45, 2.75) is 0 Å². The molecule has 0 fully saturated rings. The summed E-state index contributed by atoms with van der Waals surface area (Å²) in [4.78, 5) is 19.0. The van der Waals surface area contributed by atoms with Crippen LogP contribution in [0.1, 0.15) is 5.56 Å². The normalized spacial score (nSPS) is 20.5. The van der Waals surface area contributed by atoms with E-state index < -0.39 is 0 Å². The van der Waals surface area contributed by atoms with Crippen molar-refractivity contribution in [1.82, 2.24) is 0 Å². The molecule has 0 unspecified atom stereocenters. The molecule has 0 amide bonds. The standard InChI is InChI=1S/C26H17BN4/c27-25-4-2-1-3-23(25)24-14-22-13-20-8-7-18(29-20)11-16-5-6-17(28-16)12-19-9-10-21(30-19)15-26(24)31-22/h1-15H,27H2. The number of hydrogen-bond donors (Lipinski definition) is 0. The minimum Gasteiger partial charge on any atom is -0.249 e. The van der Waals surface area contributed by atoms with E-state index in [-0.39, 0.29) is 0 Å². The zero-order valence-corrected chi connectivity index (χ0v) is 16.9. The van der Waals surface area contributed by atoms with Crippen LogP contribution in [0.4, 0.5) is 0 Å². The first kappa shape index (κ1) is 17.7. The van der Waals surface area contributed by atoms with Gasteiger partial charge in [-0.15, -0.1) is 0 Å². The number of fused-ring (bicyclic) bond motifs is 4. The minimum absolute atomic E-state index is 0.880. The maximum absolute atomic E-state index is 4.91. The predicted octanol–water partition coefficient (Wildman–Crippen LogP) is 3.36. The number of hydrogen-bond acceptors (Lipinski definition) is 4. The number of nitrogens with zero attached hydrogens (tertiary/aromatic N) is 4. The van der Waals surface area contributed by atoms with E-state index in [9.17, 15) is 0 Å². The van der Waals surface area contributed by atoms with Crippen molar-refractivity contribution >= 4 is 41.7 Å². The average Bonchev–Trinajstić information content (AvgIpc) is 3.53. The van der Waals surface area contributed by atoms with E-state index in [0.717, 1.165) is 51.2 Å². The Kier molecular flexibility index (Phi) is 4.00. The molecule has 0 saturated carbocycles. The molecular weight excluding hydrogens is 379 g/mol. The lowest BCUT2D eigenvalue weighted by atomic mass is 9.85. The van der Waals surface area contributed by atoms with Gasteiger partial charge in [-0.2, -0.15) is 0 Å². The Balaban J connectivity index is 1.52. The van der Waals surface area contributed by atoms with Crippen LogP contribution >= 0.6 is 0 Å². The summed E-state index contributed by atoms with van der Waals surface area (Å²) in [6.07, 6.45) is 22.2. The fraction of sp³-hybridized carbons (Fsp3) is 0. The summed E-state index contributed by atoms with van der Waals surface area (Å²) in [6, 6.07) is 8.39. The van der Waals surface area contributed by atoms with Gasteiger partial charge < -0.3 is 0 Å². The summed E-state index contributed by atoms with van der Waals surface area (Å²) < 4.78 is 0. The molecule has 0 atom stereocenters. The van der Waals surface area contributed by atoms with Crippen LogP contribution in [0, 0.1) is 0 Å². The molecule has 8 bridgehead atoms. The lowest BCUT2D eigenvalue weighted by Crippen LogP contribution is -2.11. The highest BCUT2D eigenvalue weighted by atomic mass is 14.8. The van der Waals surface area contributed by atoms with Gasteiger partial charge in [0, 0.05) is 5.57 Å². The first-order valence-corrected chi connectivity index (χ1v) is 10.2. The molecule has 5 aliphatic rings. The molecule has 5 heteroatoms. The molecule has 1 aromatic rings. The molecular formula is C26H17BN4. The highest BCUT2D eigenvalue weighted by Gasteiger charge is 2.19. The highest BCUT2D eigenvalue weighted by Crippen LogP contribution is 2.28. The highest BCUT2D eigenvalue weighted by molar-refractivity contribution is 6.40. The second-order valence-corrected chi connectivity index (χ2v) is 7.76. The molecule has 0 saturated heterocycles. The number of aliphatic imine (C=N–C) groups is 4. The first-order valence-electron chi connectivity index (χ1n) is 10.2. The lowest BCUT2D eigenvalue weighted by molar-refractivity contribution is 1.41. The Labute approximate surface area is 181 Å². The quantitative estimate of drug-likeness (QED) is 0.654. The third-order valence-corrected chi connectivity index (χ3v) is 5.47. The average molecular weight is 396 g/mol. The molecule has 31 heavy (non-hydrogen) atoms. The van der Waals surface area contributed by atoms with Gasteiger partial charge in [-0.1, -0.05) is 29.7 Å². The summed E-state index contributed by atoms with van der Waals surface area (Å²) in [5, 5.41) is 0. The van der Waals surface area contributed by atoms with E-state index >= 15 is 0 Å². The minimum atomic E-state index is 0.880. The second-order valence-electron chi connectivity index (χ2n) is 7.76. The van der Waals surface area contributed by atoms with Crippen LogP contribution in [0.5, 0.6) is 0 Å². The largest absolute Gasteiger partial charge is 0.249 e. The molecule has 0 radical (unpaired) electrons. The van der Waals surface area contributed by atoms with Gasteiger partial charge in [-0.05, 0) is 72.4 Å². The molecule has 5 aliphatic heterocycles. The Morgan fingerprint density at radius 1 is 0.516 bits per heavy atom. The zero-order valence-electron chi connectivity index (χ0n) is 16.9. The van der Waals surface area contributed by atoms with Gasteiger partial charge in [0.15, 0.2) is 0 Å². The molecule has 5 heterocycles. The van der Waals surface area contributed by atoms with Crippen LogP contribution in [-0.2, 0) is 0 Å². The van der Waals surface area contributed by atoms with E-state index in [0.29, 0.717) is 0 Å². The maximum atomic E-state index is 4.91. The van der Waals surface area contributed by atoms with Crippen LogP contribution in [0.2, 0.25) is 0 Å². The van der Waals surface area contributed by atoms with Gasteiger partial charge in [0.1, 0.15) is 7.85 Å². The van der Waals surface area contributed by atoms with Gasteiger partial charge in [0.25, 0.3) is 0 Å². The van der Waals surface area contributed by atoms with Crippen LogP contribution < -0.4 is 5.46 Å². The Morgan fingerprint density at radius 2 is 1.06 bits per heavy atom. The number of benzene rings is 1. The third-order valence-electron chi connectivity index (χ3n) is 5.47. The van der Waals surface area contributed by atoms with E-state index in [4.69, 9.17) is 15.0 Å². The predicted molar refractivity (Wildman–Crippen MR) is 132 cm³/mol. The molecule has 0 spiro atoms. The second kappa shape index (κ2) is 6.99. The zero-order chi connectivity index (χ0) is 20.8. The number of allylic oxidation sites excluding steroid dienone is 12. The number of rotatable bonds is 1. The molecule has 1 aromatic carbocycles. The molecule has 0 N–H and O–H groups in total. The van der Waals surface area contributed by atoms with Crippen molar-refractivity contribution < 1.29 is 0 Å². The first-order chi connectivity index (χ1) is 15.2. The van der Waals surface area contributed by atoms with Crippen LogP contribution in [0.3, 0.4) is 0 Å². The van der Waals surface area contributed by atoms with Gasteiger partial charge in [0.2, 0.25) is 0 Å². The summed E-state index contributed by atoms with van der Waals surface area (Å²) in [5.74, 6) is 0. The summed E-state index contributed by atoms with van der Waals surface area (Å²) in [6.45, 7) is 0. The molecule has 0 aromatic heterocycles. The van der Waals surface area contributed by atoms with Gasteiger partial charge in [-0.25, -0.2) is 20.0 Å². The fourth-order valence-corrected chi connectivity index (χ4v) is 3.99. The molecule has 144 valence electrons. The van der Waals surface area contributed by atoms with Crippen LogP contribution in [0.15, 0.2) is 134 Å². The maximum Gasteiger partial charge on any atom is 0.140 e. The van der Waals surface area contributed by atoms with Gasteiger partial charge in [0.05, 0.1) is 45.6 Å². The molecule has 6 rings (SSSR count). The molecule has 4 nitrogen and oxygen atoms in total. The smallest absolute Gasteiger partial charge is 0.140 e. The third kappa shape index (κ3) is 3.40. The Bertz CT molecular complexity index is 1410.